The number of Topliss-reactive ketones (excluding diaryl/α,β-unsaturated/α-hetero) is 1. The third kappa shape index (κ3) is 2.48. The minimum absolute atomic E-state index is 0.201. The van der Waals surface area contributed by atoms with Crippen LogP contribution in [0.4, 0.5) is 0 Å². The van der Waals surface area contributed by atoms with E-state index in [9.17, 15) is 4.79 Å². The molecule has 108 valence electrons. The lowest BCUT2D eigenvalue weighted by Crippen LogP contribution is -3.23. The van der Waals surface area contributed by atoms with Crippen molar-refractivity contribution in [1.29, 1.82) is 0 Å². The lowest BCUT2D eigenvalue weighted by atomic mass is 9.87. The van der Waals surface area contributed by atoms with Gasteiger partial charge < -0.3 is 14.4 Å². The number of halogens is 2. The Morgan fingerprint density at radius 2 is 1.95 bits per heavy atom. The third-order valence-corrected chi connectivity index (χ3v) is 5.56. The number of ketones is 1. The fourth-order valence-electron chi connectivity index (χ4n) is 2.89. The van der Waals surface area contributed by atoms with E-state index < -0.39 is 5.54 Å². The van der Waals surface area contributed by atoms with E-state index in [2.05, 4.69) is 45.2 Å². The number of hydrogen-bond donors (Lipinski definition) is 1. The molecule has 0 spiro atoms. The van der Waals surface area contributed by atoms with Gasteiger partial charge in [-0.2, -0.15) is 0 Å². The number of rotatable bonds is 1. The number of quaternary nitrogens is 1. The monoisotopic (exact) mass is 500 g/mol. The van der Waals surface area contributed by atoms with E-state index in [1.807, 2.05) is 19.1 Å². The van der Waals surface area contributed by atoms with E-state index in [0.717, 1.165) is 44.8 Å². The summed E-state index contributed by atoms with van der Waals surface area (Å²) in [5, 5.41) is 0. The molecule has 0 aromatic heterocycles. The van der Waals surface area contributed by atoms with Gasteiger partial charge in [0.2, 0.25) is 5.78 Å². The number of carbonyl (C=O) groups is 1. The zero-order valence-corrected chi connectivity index (χ0v) is 15.5. The number of morpholine rings is 1. The summed E-state index contributed by atoms with van der Waals surface area (Å²) in [6, 6.07) is 3.98. The van der Waals surface area contributed by atoms with Gasteiger partial charge in [-0.1, -0.05) is 0 Å². The summed E-state index contributed by atoms with van der Waals surface area (Å²) in [5.41, 5.74) is 0.235. The Morgan fingerprint density at radius 1 is 1.25 bits per heavy atom. The summed E-state index contributed by atoms with van der Waals surface area (Å²) in [6.07, 6.45) is 0. The second-order valence-electron chi connectivity index (χ2n) is 5.43. The van der Waals surface area contributed by atoms with Crippen LogP contribution >= 0.6 is 45.2 Å². The molecule has 3 rings (SSSR count). The first kappa shape index (κ1) is 15.0. The Kier molecular flexibility index (Phi) is 4.27. The number of carbonyl (C=O) groups excluding carboxylic acids is 1. The normalized spacial score (nSPS) is 27.1. The summed E-state index contributed by atoms with van der Waals surface area (Å²) < 4.78 is 13.4. The number of benzene rings is 1. The van der Waals surface area contributed by atoms with Gasteiger partial charge in [0.1, 0.15) is 18.8 Å². The smallest absolute Gasteiger partial charge is 0.230 e. The Bertz CT molecular complexity index is 558. The van der Waals surface area contributed by atoms with Crippen LogP contribution in [-0.2, 0) is 4.74 Å². The molecule has 1 fully saturated rings. The van der Waals surface area contributed by atoms with Crippen LogP contribution in [0.2, 0.25) is 0 Å². The third-order valence-electron chi connectivity index (χ3n) is 4.14. The molecule has 1 N–H and O–H groups in total. The molecule has 2 heterocycles. The molecule has 1 saturated heterocycles. The molecular formula is C14H16I2NO3+. The van der Waals surface area contributed by atoms with Crippen molar-refractivity contribution in [3.8, 4) is 5.75 Å². The van der Waals surface area contributed by atoms with Gasteiger partial charge in [-0.25, -0.2) is 0 Å². The molecule has 4 nitrogen and oxygen atoms in total. The van der Waals surface area contributed by atoms with Gasteiger partial charge in [-0.3, -0.25) is 4.79 Å². The second-order valence-corrected chi connectivity index (χ2v) is 7.84. The van der Waals surface area contributed by atoms with Gasteiger partial charge in [0.25, 0.3) is 0 Å². The Labute approximate surface area is 145 Å². The van der Waals surface area contributed by atoms with Gasteiger partial charge in [0.05, 0.1) is 22.3 Å². The quantitative estimate of drug-likeness (QED) is 0.589. The lowest BCUT2D eigenvalue weighted by Gasteiger charge is -2.41. The van der Waals surface area contributed by atoms with Crippen molar-refractivity contribution in [2.24, 2.45) is 0 Å². The molecule has 1 aromatic rings. The van der Waals surface area contributed by atoms with E-state index >= 15 is 0 Å². The molecule has 0 saturated carbocycles. The van der Waals surface area contributed by atoms with Crippen molar-refractivity contribution in [2.45, 2.75) is 12.5 Å². The summed E-state index contributed by atoms with van der Waals surface area (Å²) >= 11 is 4.48. The number of fused-ring (bicyclic) bond motifs is 1. The molecule has 6 heteroatoms. The molecule has 0 bridgehead atoms. The zero-order chi connectivity index (χ0) is 14.3. The summed E-state index contributed by atoms with van der Waals surface area (Å²) in [7, 11) is 0. The van der Waals surface area contributed by atoms with Gasteiger partial charge in [-0.15, -0.1) is 0 Å². The van der Waals surface area contributed by atoms with Crippen molar-refractivity contribution in [1.82, 2.24) is 0 Å². The van der Waals surface area contributed by atoms with Crippen molar-refractivity contribution in [3.05, 3.63) is 24.8 Å². The van der Waals surface area contributed by atoms with Gasteiger partial charge in [0, 0.05) is 10.5 Å². The van der Waals surface area contributed by atoms with Gasteiger partial charge in [0.15, 0.2) is 12.1 Å². The molecule has 0 amide bonds. The summed E-state index contributed by atoms with van der Waals surface area (Å²) in [4.78, 5) is 14.3. The Hall–Kier alpha value is 0.0700. The number of ether oxygens (including phenoxy) is 2. The first-order chi connectivity index (χ1) is 9.52. The maximum Gasteiger partial charge on any atom is 0.230 e. The van der Waals surface area contributed by atoms with E-state index in [1.54, 1.807) is 0 Å². The fourth-order valence-corrected chi connectivity index (χ4v) is 4.89. The summed E-state index contributed by atoms with van der Waals surface area (Å²) in [5.74, 6) is 0.952. The molecular weight excluding hydrogens is 484 g/mol. The topological polar surface area (TPSA) is 40.0 Å². The van der Waals surface area contributed by atoms with Crippen LogP contribution in [0.1, 0.15) is 17.3 Å². The highest BCUT2D eigenvalue weighted by Crippen LogP contribution is 2.34. The van der Waals surface area contributed by atoms with Gasteiger partial charge >= 0.3 is 0 Å². The molecule has 1 atom stereocenters. The van der Waals surface area contributed by atoms with E-state index in [-0.39, 0.29) is 5.78 Å². The number of hydrogen-bond acceptors (Lipinski definition) is 3. The van der Waals surface area contributed by atoms with E-state index in [1.165, 1.54) is 4.90 Å². The maximum atomic E-state index is 13.0. The maximum absolute atomic E-state index is 13.0. The highest BCUT2D eigenvalue weighted by Gasteiger charge is 2.49. The van der Waals surface area contributed by atoms with Crippen molar-refractivity contribution in [2.75, 3.05) is 32.9 Å². The first-order valence-electron chi connectivity index (χ1n) is 6.62. The molecule has 2 aliphatic heterocycles. The molecule has 0 radical (unpaired) electrons. The van der Waals surface area contributed by atoms with Crippen LogP contribution in [-0.4, -0.2) is 44.2 Å². The van der Waals surface area contributed by atoms with E-state index in [4.69, 9.17) is 9.47 Å². The second kappa shape index (κ2) is 5.69. The average molecular weight is 500 g/mol. The van der Waals surface area contributed by atoms with Crippen LogP contribution in [0.5, 0.6) is 5.75 Å². The predicted octanol–water partition coefficient (Wildman–Crippen LogP) is 1.14. The Morgan fingerprint density at radius 3 is 2.65 bits per heavy atom. The lowest BCUT2D eigenvalue weighted by molar-refractivity contribution is -0.946. The van der Waals surface area contributed by atoms with Crippen molar-refractivity contribution in [3.63, 3.8) is 0 Å². The SMILES string of the molecule is CC1([NH+]2CCOCC2)COc2c(I)cc(I)cc2C1=O. The predicted molar refractivity (Wildman–Crippen MR) is 91.6 cm³/mol. The number of nitrogens with one attached hydrogen (secondary N) is 1. The molecule has 2 aliphatic rings. The van der Waals surface area contributed by atoms with Crippen LogP contribution in [0.25, 0.3) is 0 Å². The van der Waals surface area contributed by atoms with E-state index in [0.29, 0.717) is 6.61 Å². The van der Waals surface area contributed by atoms with Crippen LogP contribution in [0.15, 0.2) is 12.1 Å². The molecule has 0 aliphatic carbocycles. The fraction of sp³-hybridized carbons (Fsp3) is 0.500. The highest BCUT2D eigenvalue weighted by atomic mass is 127. The molecule has 20 heavy (non-hydrogen) atoms. The van der Waals surface area contributed by atoms with Crippen LogP contribution in [0, 0.1) is 7.14 Å². The van der Waals surface area contributed by atoms with Crippen molar-refractivity contribution < 1.29 is 19.2 Å². The first-order valence-corrected chi connectivity index (χ1v) is 8.78. The standard InChI is InChI=1S/C14H15I2NO3/c1-14(17-2-4-19-5-3-17)8-20-12-10(13(14)18)6-9(15)7-11(12)16/h6-7H,2-5,8H2,1H3/p+1. The van der Waals surface area contributed by atoms with Crippen LogP contribution < -0.4 is 9.64 Å². The highest BCUT2D eigenvalue weighted by molar-refractivity contribution is 14.1. The largest absolute Gasteiger partial charge is 0.485 e. The Balaban J connectivity index is 1.99. The van der Waals surface area contributed by atoms with Gasteiger partial charge in [-0.05, 0) is 57.3 Å². The molecule has 1 unspecified atom stereocenters. The van der Waals surface area contributed by atoms with Crippen LogP contribution in [0.3, 0.4) is 0 Å². The summed E-state index contributed by atoms with van der Waals surface area (Å²) in [6.45, 7) is 5.63. The average Bonchev–Trinajstić information content (AvgIpc) is 2.44. The minimum Gasteiger partial charge on any atom is -0.485 e. The minimum atomic E-state index is -0.496. The zero-order valence-electron chi connectivity index (χ0n) is 11.2. The van der Waals surface area contributed by atoms with Crippen molar-refractivity contribution >= 4 is 51.0 Å². The molecule has 1 aromatic carbocycles.